The highest BCUT2D eigenvalue weighted by molar-refractivity contribution is 6.30. The van der Waals surface area contributed by atoms with Crippen molar-refractivity contribution in [3.05, 3.63) is 83.6 Å². The number of hydrogen-bond donors (Lipinski definition) is 1. The normalized spacial score (nSPS) is 11.5. The Kier molecular flexibility index (Phi) is 6.71. The molecule has 0 bridgehead atoms. The molecule has 1 aromatic heterocycles. The van der Waals surface area contributed by atoms with Gasteiger partial charge in [0.2, 0.25) is 5.91 Å². The van der Waals surface area contributed by atoms with E-state index >= 15 is 0 Å². The van der Waals surface area contributed by atoms with E-state index < -0.39 is 0 Å². The van der Waals surface area contributed by atoms with Gasteiger partial charge in [0.1, 0.15) is 17.1 Å². The van der Waals surface area contributed by atoms with E-state index in [1.54, 1.807) is 43.7 Å². The van der Waals surface area contributed by atoms with Gasteiger partial charge < -0.3 is 19.2 Å². The number of benzene rings is 3. The topological polar surface area (TPSA) is 60.7 Å². The van der Waals surface area contributed by atoms with Gasteiger partial charge in [-0.25, -0.2) is 0 Å². The highest BCUT2D eigenvalue weighted by atomic mass is 35.5. The maximum atomic E-state index is 12.7. The zero-order valence-corrected chi connectivity index (χ0v) is 19.4. The number of halogens is 1. The minimum Gasteiger partial charge on any atom is -0.497 e. The summed E-state index contributed by atoms with van der Waals surface area (Å²) >= 11 is 6.04. The van der Waals surface area contributed by atoms with Crippen LogP contribution in [-0.4, -0.2) is 19.6 Å². The summed E-state index contributed by atoms with van der Waals surface area (Å²) in [5, 5.41) is 4.48. The number of rotatable bonds is 7. The summed E-state index contributed by atoms with van der Waals surface area (Å²) in [5.41, 5.74) is 4.93. The number of ether oxygens (including phenoxy) is 2. The van der Waals surface area contributed by atoms with Crippen molar-refractivity contribution >= 4 is 39.7 Å². The van der Waals surface area contributed by atoms with E-state index in [0.29, 0.717) is 28.6 Å². The van der Waals surface area contributed by atoms with E-state index in [1.165, 1.54) is 0 Å². The van der Waals surface area contributed by atoms with Gasteiger partial charge in [0.15, 0.2) is 0 Å². The molecule has 1 N–H and O–H groups in total. The third kappa shape index (κ3) is 5.04. The van der Waals surface area contributed by atoms with Gasteiger partial charge in [-0.2, -0.15) is 0 Å². The molecule has 0 aliphatic heterocycles. The number of fused-ring (bicyclic) bond motifs is 1. The van der Waals surface area contributed by atoms with Gasteiger partial charge in [-0.1, -0.05) is 23.7 Å². The molecule has 4 aromatic rings. The van der Waals surface area contributed by atoms with Crippen molar-refractivity contribution in [2.24, 2.45) is 0 Å². The molecule has 0 atom stereocenters. The van der Waals surface area contributed by atoms with E-state index in [0.717, 1.165) is 33.4 Å². The Morgan fingerprint density at radius 1 is 1.09 bits per heavy atom. The van der Waals surface area contributed by atoms with E-state index in [-0.39, 0.29) is 5.91 Å². The van der Waals surface area contributed by atoms with E-state index in [2.05, 4.69) is 5.32 Å². The third-order valence-electron chi connectivity index (χ3n) is 5.26. The lowest BCUT2D eigenvalue weighted by molar-refractivity contribution is -0.111. The zero-order valence-electron chi connectivity index (χ0n) is 18.6. The van der Waals surface area contributed by atoms with Crippen LogP contribution in [-0.2, 0) is 4.79 Å². The number of hydrogen-bond acceptors (Lipinski definition) is 4. The molecule has 3 aromatic carbocycles. The fourth-order valence-electron chi connectivity index (χ4n) is 3.62. The number of anilines is 1. The van der Waals surface area contributed by atoms with Crippen LogP contribution in [0, 0.1) is 0 Å². The van der Waals surface area contributed by atoms with E-state index in [9.17, 15) is 4.79 Å². The first-order chi connectivity index (χ1) is 16.0. The van der Waals surface area contributed by atoms with Crippen LogP contribution in [0.2, 0.25) is 5.02 Å². The number of amides is 1. The Morgan fingerprint density at radius 3 is 2.48 bits per heavy atom. The van der Waals surface area contributed by atoms with Gasteiger partial charge in [0.25, 0.3) is 0 Å². The first-order valence-corrected chi connectivity index (χ1v) is 10.9. The molecule has 6 heteroatoms. The maximum Gasteiger partial charge on any atom is 0.248 e. The molecule has 0 unspecified atom stereocenters. The van der Waals surface area contributed by atoms with Gasteiger partial charge in [-0.05, 0) is 67.4 Å². The largest absolute Gasteiger partial charge is 0.497 e. The number of nitrogens with one attached hydrogen (secondary N) is 1. The summed E-state index contributed by atoms with van der Waals surface area (Å²) in [6.45, 7) is 4.30. The van der Waals surface area contributed by atoms with Crippen LogP contribution in [0.5, 0.6) is 11.5 Å². The maximum absolute atomic E-state index is 12.7. The highest BCUT2D eigenvalue weighted by Crippen LogP contribution is 2.37. The average Bonchev–Trinajstić information content (AvgIpc) is 3.22. The zero-order chi connectivity index (χ0) is 23.4. The fraction of sp³-hybridized carbons (Fsp3) is 0.148. The van der Waals surface area contributed by atoms with Crippen LogP contribution in [0.15, 0.2) is 77.4 Å². The summed E-state index contributed by atoms with van der Waals surface area (Å²) in [6.07, 6.45) is 3.29. The number of carbonyl (C=O) groups is 1. The minimum absolute atomic E-state index is 0.231. The average molecular weight is 462 g/mol. The monoisotopic (exact) mass is 461 g/mol. The third-order valence-corrected chi connectivity index (χ3v) is 5.51. The smallest absolute Gasteiger partial charge is 0.248 e. The molecule has 1 heterocycles. The van der Waals surface area contributed by atoms with Crippen LogP contribution in [0.25, 0.3) is 27.7 Å². The second-order valence-corrected chi connectivity index (χ2v) is 7.92. The van der Waals surface area contributed by atoms with Crippen LogP contribution < -0.4 is 14.8 Å². The van der Waals surface area contributed by atoms with Crippen molar-refractivity contribution < 1.29 is 18.7 Å². The van der Waals surface area contributed by atoms with Gasteiger partial charge in [-0.3, -0.25) is 4.79 Å². The van der Waals surface area contributed by atoms with Gasteiger partial charge in [0.05, 0.1) is 20.0 Å². The molecule has 0 radical (unpaired) electrons. The fourth-order valence-corrected chi connectivity index (χ4v) is 3.74. The van der Waals surface area contributed by atoms with Crippen molar-refractivity contribution in [2.45, 2.75) is 13.8 Å². The predicted octanol–water partition coefficient (Wildman–Crippen LogP) is 7.20. The molecule has 0 aliphatic carbocycles. The van der Waals surface area contributed by atoms with Gasteiger partial charge in [0, 0.05) is 39.4 Å². The predicted molar refractivity (Wildman–Crippen MR) is 133 cm³/mol. The van der Waals surface area contributed by atoms with Crippen LogP contribution in [0.4, 0.5) is 5.69 Å². The van der Waals surface area contributed by atoms with Gasteiger partial charge >= 0.3 is 0 Å². The molecule has 0 spiro atoms. The van der Waals surface area contributed by atoms with Crippen molar-refractivity contribution in [3.63, 3.8) is 0 Å². The van der Waals surface area contributed by atoms with E-state index in [1.807, 2.05) is 50.2 Å². The highest BCUT2D eigenvalue weighted by Gasteiger charge is 2.15. The summed E-state index contributed by atoms with van der Waals surface area (Å²) < 4.78 is 16.8. The van der Waals surface area contributed by atoms with Crippen LogP contribution in [0.3, 0.4) is 0 Å². The molecule has 0 saturated carbocycles. The summed E-state index contributed by atoms with van der Waals surface area (Å²) in [5.74, 6) is 1.16. The SMILES string of the molecule is CCOc1cc2occ(-c3ccc(Cl)cc3)c2cc1/C(C)=C/C(=O)Nc1ccc(OC)cc1. The van der Waals surface area contributed by atoms with Crippen LogP contribution in [0.1, 0.15) is 19.4 Å². The van der Waals surface area contributed by atoms with Crippen molar-refractivity contribution in [2.75, 3.05) is 19.0 Å². The van der Waals surface area contributed by atoms with Crippen molar-refractivity contribution in [1.82, 2.24) is 0 Å². The molecule has 0 fully saturated rings. The van der Waals surface area contributed by atoms with E-state index in [4.69, 9.17) is 25.5 Å². The minimum atomic E-state index is -0.231. The molecule has 0 aliphatic rings. The molecule has 1 amide bonds. The second-order valence-electron chi connectivity index (χ2n) is 7.48. The summed E-state index contributed by atoms with van der Waals surface area (Å²) in [4.78, 5) is 12.7. The summed E-state index contributed by atoms with van der Waals surface area (Å²) in [7, 11) is 1.60. The molecular weight excluding hydrogens is 438 g/mol. The molecule has 0 saturated heterocycles. The van der Waals surface area contributed by atoms with Crippen molar-refractivity contribution in [1.29, 1.82) is 0 Å². The first kappa shape index (κ1) is 22.5. The number of methoxy groups -OCH3 is 1. The van der Waals surface area contributed by atoms with Gasteiger partial charge in [-0.15, -0.1) is 0 Å². The lowest BCUT2D eigenvalue weighted by Gasteiger charge is -2.12. The quantitative estimate of drug-likeness (QED) is 0.295. The number of allylic oxidation sites excluding steroid dienone is 1. The Balaban J connectivity index is 1.69. The lowest BCUT2D eigenvalue weighted by atomic mass is 9.99. The molecule has 4 rings (SSSR count). The number of carbonyl (C=O) groups excluding carboxylic acids is 1. The van der Waals surface area contributed by atoms with Crippen molar-refractivity contribution in [3.8, 4) is 22.6 Å². The van der Waals surface area contributed by atoms with Crippen LogP contribution >= 0.6 is 11.6 Å². The number of furan rings is 1. The standard InChI is InChI=1S/C27H24ClNO4/c1-4-32-25-15-26-23(24(16-33-26)18-5-7-19(28)8-6-18)14-22(25)17(2)13-27(30)29-20-9-11-21(31-3)12-10-20/h5-16H,4H2,1-3H3,(H,29,30)/b17-13+. The Labute approximate surface area is 197 Å². The molecular formula is C27H24ClNO4. The Morgan fingerprint density at radius 2 is 1.82 bits per heavy atom. The first-order valence-electron chi connectivity index (χ1n) is 10.6. The second kappa shape index (κ2) is 9.84. The molecule has 168 valence electrons. The Hall–Kier alpha value is -3.70. The molecule has 5 nitrogen and oxygen atoms in total. The Bertz CT molecular complexity index is 1300. The lowest BCUT2D eigenvalue weighted by Crippen LogP contribution is -2.08. The molecule has 33 heavy (non-hydrogen) atoms. The summed E-state index contributed by atoms with van der Waals surface area (Å²) in [6, 6.07) is 18.6.